The van der Waals surface area contributed by atoms with Gasteiger partial charge in [0, 0.05) is 19.5 Å². The lowest BCUT2D eigenvalue weighted by Gasteiger charge is -2.28. The number of carbonyl (C=O) groups excluding carboxylic acids is 3. The molecule has 0 bridgehead atoms. The van der Waals surface area contributed by atoms with Gasteiger partial charge in [0.15, 0.2) is 0 Å². The average molecular weight is 585 g/mol. The number of amides is 3. The van der Waals surface area contributed by atoms with Crippen molar-refractivity contribution in [2.45, 2.75) is 57.7 Å². The summed E-state index contributed by atoms with van der Waals surface area (Å²) in [6.45, 7) is 6.21. The van der Waals surface area contributed by atoms with E-state index in [0.717, 1.165) is 5.56 Å². The summed E-state index contributed by atoms with van der Waals surface area (Å²) in [5.41, 5.74) is 1.54. The topological polar surface area (TPSA) is 137 Å². The quantitative estimate of drug-likeness (QED) is 0.251. The first-order valence-corrected chi connectivity index (χ1v) is 14.3. The zero-order chi connectivity index (χ0) is 30.5. The van der Waals surface area contributed by atoms with E-state index in [0.29, 0.717) is 44.7 Å². The number of carbonyl (C=O) groups is 4. The number of carboxylic acid groups (broad SMARTS) is 1. The van der Waals surface area contributed by atoms with Crippen molar-refractivity contribution in [3.63, 3.8) is 0 Å². The maximum atomic E-state index is 13.5. The third-order valence-corrected chi connectivity index (χ3v) is 6.99. The number of nitrogens with zero attached hydrogens (tertiary/aromatic N) is 1. The molecule has 3 atom stereocenters. The van der Waals surface area contributed by atoms with E-state index in [1.165, 1.54) is 24.3 Å². The molecule has 0 saturated carbocycles. The van der Waals surface area contributed by atoms with Crippen molar-refractivity contribution < 1.29 is 33.4 Å². The first kappa shape index (κ1) is 32.7. The highest BCUT2D eigenvalue weighted by atomic mass is 19.1. The Bertz CT molecular complexity index is 1170. The molecule has 1 saturated heterocycles. The number of rotatable bonds is 15. The maximum Gasteiger partial charge on any atom is 0.326 e. The minimum Gasteiger partial charge on any atom is -0.480 e. The van der Waals surface area contributed by atoms with Crippen LogP contribution in [0.15, 0.2) is 54.6 Å². The summed E-state index contributed by atoms with van der Waals surface area (Å²) in [7, 11) is 0. The Kier molecular flexibility index (Phi) is 12.9. The number of benzene rings is 2. The van der Waals surface area contributed by atoms with Crippen molar-refractivity contribution in [3.8, 4) is 0 Å². The third-order valence-electron chi connectivity index (χ3n) is 6.99. The lowest BCUT2D eigenvalue weighted by molar-refractivity contribution is -0.142. The predicted octanol–water partition coefficient (Wildman–Crippen LogP) is 1.92. The first-order valence-electron chi connectivity index (χ1n) is 14.3. The van der Waals surface area contributed by atoms with E-state index in [4.69, 9.17) is 4.74 Å². The highest BCUT2D eigenvalue weighted by Crippen LogP contribution is 2.11. The molecule has 10 nitrogen and oxygen atoms in total. The predicted molar refractivity (Wildman–Crippen MR) is 155 cm³/mol. The number of ether oxygens (including phenoxy) is 1. The Morgan fingerprint density at radius 1 is 0.857 bits per heavy atom. The van der Waals surface area contributed by atoms with Crippen molar-refractivity contribution in [1.82, 2.24) is 20.9 Å². The van der Waals surface area contributed by atoms with Crippen molar-refractivity contribution in [2.75, 3.05) is 32.8 Å². The van der Waals surface area contributed by atoms with Gasteiger partial charge in [0.2, 0.25) is 17.7 Å². The van der Waals surface area contributed by atoms with Gasteiger partial charge in [-0.15, -0.1) is 0 Å². The zero-order valence-electron chi connectivity index (χ0n) is 24.2. The van der Waals surface area contributed by atoms with Gasteiger partial charge in [-0.1, -0.05) is 56.3 Å². The number of morpholine rings is 1. The van der Waals surface area contributed by atoms with Crippen molar-refractivity contribution in [2.24, 2.45) is 5.92 Å². The molecule has 11 heteroatoms. The van der Waals surface area contributed by atoms with E-state index in [-0.39, 0.29) is 31.2 Å². The first-order chi connectivity index (χ1) is 20.1. The van der Waals surface area contributed by atoms with Crippen LogP contribution in [0, 0.1) is 11.7 Å². The number of halogens is 1. The van der Waals surface area contributed by atoms with Gasteiger partial charge in [-0.25, -0.2) is 9.18 Å². The summed E-state index contributed by atoms with van der Waals surface area (Å²) >= 11 is 0. The van der Waals surface area contributed by atoms with Crippen molar-refractivity contribution in [1.29, 1.82) is 0 Å². The van der Waals surface area contributed by atoms with Gasteiger partial charge in [-0.2, -0.15) is 0 Å². The van der Waals surface area contributed by atoms with Crippen LogP contribution in [0.4, 0.5) is 4.39 Å². The number of hydrogen-bond acceptors (Lipinski definition) is 6. The number of hydrogen-bond donors (Lipinski definition) is 4. The number of aryl methyl sites for hydroxylation is 1. The van der Waals surface area contributed by atoms with Gasteiger partial charge in [-0.05, 0) is 48.4 Å². The molecule has 1 aliphatic rings. The van der Waals surface area contributed by atoms with Crippen LogP contribution < -0.4 is 16.0 Å². The van der Waals surface area contributed by atoms with Crippen molar-refractivity contribution >= 4 is 23.7 Å². The van der Waals surface area contributed by atoms with Gasteiger partial charge >= 0.3 is 5.97 Å². The Balaban J connectivity index is 1.70. The van der Waals surface area contributed by atoms with E-state index in [9.17, 15) is 28.7 Å². The molecule has 3 rings (SSSR count). The molecular formula is C31H41FN4O6. The smallest absolute Gasteiger partial charge is 0.326 e. The molecule has 1 heterocycles. The van der Waals surface area contributed by atoms with Crippen LogP contribution in [0.1, 0.15) is 37.8 Å². The van der Waals surface area contributed by atoms with Gasteiger partial charge in [0.25, 0.3) is 0 Å². The standard InChI is InChI=1S/C31H41FN4O6/c1-21(2)18-26(30(39)35-27(31(40)41)19-23-8-11-24(32)12-9-23)34-29(38)25(13-10-22-6-4-3-5-7-22)33-28(37)20-36-14-16-42-17-15-36/h3-9,11-12,21,25-27H,10,13-20H2,1-2H3,(H,33,37)(H,34,38)(H,35,39)(H,40,41)/t25-,26?,27-/m0/s1. The summed E-state index contributed by atoms with van der Waals surface area (Å²) in [4.78, 5) is 53.7. The van der Waals surface area contributed by atoms with Crippen LogP contribution in [0.5, 0.6) is 0 Å². The van der Waals surface area contributed by atoms with E-state index in [2.05, 4.69) is 16.0 Å². The molecule has 42 heavy (non-hydrogen) atoms. The molecule has 1 unspecified atom stereocenters. The molecule has 4 N–H and O–H groups in total. The highest BCUT2D eigenvalue weighted by Gasteiger charge is 2.30. The molecule has 0 radical (unpaired) electrons. The summed E-state index contributed by atoms with van der Waals surface area (Å²) in [5.74, 6) is -3.17. The maximum absolute atomic E-state index is 13.5. The molecule has 2 aromatic carbocycles. The Morgan fingerprint density at radius 3 is 2.10 bits per heavy atom. The van der Waals surface area contributed by atoms with Gasteiger partial charge in [0.1, 0.15) is 23.9 Å². The van der Waals surface area contributed by atoms with E-state index in [1.54, 1.807) is 0 Å². The molecule has 228 valence electrons. The monoisotopic (exact) mass is 584 g/mol. The van der Waals surface area contributed by atoms with Gasteiger partial charge in [0.05, 0.1) is 19.8 Å². The van der Waals surface area contributed by atoms with E-state index in [1.807, 2.05) is 49.1 Å². The summed E-state index contributed by atoms with van der Waals surface area (Å²) in [5, 5.41) is 17.9. The van der Waals surface area contributed by atoms with Crippen LogP contribution in [0.3, 0.4) is 0 Å². The summed E-state index contributed by atoms with van der Waals surface area (Å²) < 4.78 is 18.6. The van der Waals surface area contributed by atoms with Crippen LogP contribution in [-0.2, 0) is 36.8 Å². The largest absolute Gasteiger partial charge is 0.480 e. The normalized spacial score (nSPS) is 15.8. The van der Waals surface area contributed by atoms with E-state index >= 15 is 0 Å². The SMILES string of the molecule is CC(C)CC(NC(=O)[C@H](CCc1ccccc1)NC(=O)CN1CCOCC1)C(=O)N[C@@H](Cc1ccc(F)cc1)C(=O)O. The molecule has 0 aliphatic carbocycles. The Hall–Kier alpha value is -3.83. The molecule has 2 aromatic rings. The number of carboxylic acids is 1. The molecule has 1 fully saturated rings. The van der Waals surface area contributed by atoms with Gasteiger partial charge in [-0.3, -0.25) is 19.3 Å². The summed E-state index contributed by atoms with van der Waals surface area (Å²) in [6.07, 6.45) is 1.04. The Labute approximate surface area is 246 Å². The molecule has 0 spiro atoms. The fraction of sp³-hybridized carbons (Fsp3) is 0.484. The minimum atomic E-state index is -1.28. The second-order valence-corrected chi connectivity index (χ2v) is 11.0. The highest BCUT2D eigenvalue weighted by molar-refractivity contribution is 5.93. The van der Waals surface area contributed by atoms with Crippen LogP contribution in [0.2, 0.25) is 0 Å². The summed E-state index contributed by atoms with van der Waals surface area (Å²) in [6, 6.07) is 11.7. The zero-order valence-corrected chi connectivity index (χ0v) is 24.2. The second-order valence-electron chi connectivity index (χ2n) is 11.0. The molecular weight excluding hydrogens is 543 g/mol. The van der Waals surface area contributed by atoms with E-state index < -0.39 is 41.7 Å². The van der Waals surface area contributed by atoms with Crippen LogP contribution in [0.25, 0.3) is 0 Å². The lowest BCUT2D eigenvalue weighted by atomic mass is 10.00. The molecule has 3 amide bonds. The lowest BCUT2D eigenvalue weighted by Crippen LogP contribution is -2.57. The third kappa shape index (κ3) is 11.2. The number of nitrogens with one attached hydrogen (secondary N) is 3. The van der Waals surface area contributed by atoms with Gasteiger partial charge < -0.3 is 25.8 Å². The Morgan fingerprint density at radius 2 is 1.48 bits per heavy atom. The molecule has 1 aliphatic heterocycles. The fourth-order valence-corrected chi connectivity index (χ4v) is 4.73. The minimum absolute atomic E-state index is 0.0000990. The second kappa shape index (κ2) is 16.6. The van der Waals surface area contributed by atoms with Crippen LogP contribution >= 0.6 is 0 Å². The number of aliphatic carboxylic acids is 1. The fourth-order valence-electron chi connectivity index (χ4n) is 4.73. The van der Waals surface area contributed by atoms with Crippen molar-refractivity contribution in [3.05, 3.63) is 71.5 Å². The van der Waals surface area contributed by atoms with Crippen LogP contribution in [-0.4, -0.2) is 84.7 Å². The molecule has 0 aromatic heterocycles. The average Bonchev–Trinajstić information content (AvgIpc) is 2.96.